The van der Waals surface area contributed by atoms with Gasteiger partial charge in [-0.3, -0.25) is 25.8 Å². The molecule has 158 valence electrons. The lowest BCUT2D eigenvalue weighted by Crippen LogP contribution is -2.54. The third-order valence-corrected chi connectivity index (χ3v) is 5.04. The van der Waals surface area contributed by atoms with E-state index in [0.717, 1.165) is 12.8 Å². The average molecular weight is 428 g/mol. The number of hydrogen-bond donors (Lipinski definition) is 3. The number of amides is 2. The van der Waals surface area contributed by atoms with Crippen LogP contribution in [-0.2, 0) is 16.0 Å². The first kappa shape index (κ1) is 21.7. The van der Waals surface area contributed by atoms with Crippen LogP contribution in [0.25, 0.3) is 0 Å². The van der Waals surface area contributed by atoms with Gasteiger partial charge in [0.25, 0.3) is 11.8 Å². The van der Waals surface area contributed by atoms with E-state index < -0.39 is 5.60 Å². The van der Waals surface area contributed by atoms with Crippen molar-refractivity contribution in [1.82, 2.24) is 16.2 Å². The number of hydrogen-bond acceptors (Lipinski definition) is 5. The first-order chi connectivity index (χ1) is 14.5. The summed E-state index contributed by atoms with van der Waals surface area (Å²) in [4.78, 5) is 24.5. The molecule has 0 radical (unpaired) electrons. The molecule has 2 amide bonds. The smallest absolute Gasteiger partial charge is 0.270 e. The number of rotatable bonds is 6. The summed E-state index contributed by atoms with van der Waals surface area (Å²) in [6.07, 6.45) is 2.27. The van der Waals surface area contributed by atoms with Crippen molar-refractivity contribution in [2.45, 2.75) is 31.8 Å². The predicted octanol–water partition coefficient (Wildman–Crippen LogP) is 2.51. The topological polar surface area (TPSA) is 88.7 Å². The van der Waals surface area contributed by atoms with Crippen molar-refractivity contribution in [3.8, 4) is 5.75 Å². The molecule has 7 nitrogen and oxygen atoms in total. The van der Waals surface area contributed by atoms with Crippen LogP contribution in [0.4, 0.5) is 0 Å². The molecule has 0 saturated carbocycles. The summed E-state index contributed by atoms with van der Waals surface area (Å²) < 4.78 is 11.2. The second kappa shape index (κ2) is 10.2. The number of nitrogens with one attached hydrogen (secondary N) is 3. The first-order valence-electron chi connectivity index (χ1n) is 9.79. The minimum Gasteiger partial charge on any atom is -0.493 e. The van der Waals surface area contributed by atoms with Crippen LogP contribution in [0.2, 0.25) is 0 Å². The SMILES string of the molecule is CC1(C(=O)NNC(=S)NC(=O)c2ccc(OCCc3ccccc3)cc2)CCCO1. The van der Waals surface area contributed by atoms with Gasteiger partial charge in [-0.1, -0.05) is 30.3 Å². The molecule has 0 aliphatic carbocycles. The molecule has 1 aliphatic heterocycles. The van der Waals surface area contributed by atoms with Gasteiger partial charge in [-0.25, -0.2) is 0 Å². The van der Waals surface area contributed by atoms with Crippen molar-refractivity contribution in [2.24, 2.45) is 0 Å². The van der Waals surface area contributed by atoms with Gasteiger partial charge in [0.1, 0.15) is 11.4 Å². The summed E-state index contributed by atoms with van der Waals surface area (Å²) in [5, 5.41) is 2.52. The monoisotopic (exact) mass is 427 g/mol. The second-order valence-corrected chi connectivity index (χ2v) is 7.56. The summed E-state index contributed by atoms with van der Waals surface area (Å²) in [5.41, 5.74) is 5.77. The van der Waals surface area contributed by atoms with E-state index in [0.29, 0.717) is 30.9 Å². The summed E-state index contributed by atoms with van der Waals surface area (Å²) in [5.74, 6) is -0.0326. The van der Waals surface area contributed by atoms with Crippen molar-refractivity contribution in [3.05, 3.63) is 65.7 Å². The third-order valence-electron chi connectivity index (χ3n) is 4.83. The van der Waals surface area contributed by atoms with Gasteiger partial charge >= 0.3 is 0 Å². The predicted molar refractivity (Wildman–Crippen MR) is 117 cm³/mol. The molecule has 1 unspecified atom stereocenters. The molecule has 0 bridgehead atoms. The van der Waals surface area contributed by atoms with Crippen molar-refractivity contribution >= 4 is 29.1 Å². The molecule has 3 N–H and O–H groups in total. The largest absolute Gasteiger partial charge is 0.493 e. The molecule has 1 saturated heterocycles. The van der Waals surface area contributed by atoms with Gasteiger partial charge in [0.2, 0.25) is 0 Å². The fourth-order valence-electron chi connectivity index (χ4n) is 3.04. The zero-order valence-electron chi connectivity index (χ0n) is 16.8. The van der Waals surface area contributed by atoms with Gasteiger partial charge in [0.15, 0.2) is 5.11 Å². The molecule has 1 fully saturated rings. The van der Waals surface area contributed by atoms with Crippen LogP contribution in [0, 0.1) is 0 Å². The molecular formula is C22H25N3O4S. The number of carbonyl (C=O) groups is 2. The summed E-state index contributed by atoms with van der Waals surface area (Å²) in [6.45, 7) is 2.82. The Bertz CT molecular complexity index is 881. The molecule has 0 spiro atoms. The Labute approximate surface area is 181 Å². The van der Waals surface area contributed by atoms with Gasteiger partial charge in [0.05, 0.1) is 6.61 Å². The fourth-order valence-corrected chi connectivity index (χ4v) is 3.19. The fraction of sp³-hybridized carbons (Fsp3) is 0.318. The molecule has 1 atom stereocenters. The van der Waals surface area contributed by atoms with Crippen molar-refractivity contribution < 1.29 is 19.1 Å². The Balaban J connectivity index is 1.41. The Morgan fingerprint density at radius 3 is 2.50 bits per heavy atom. The van der Waals surface area contributed by atoms with E-state index in [4.69, 9.17) is 21.7 Å². The third kappa shape index (κ3) is 6.01. The summed E-state index contributed by atoms with van der Waals surface area (Å²) >= 11 is 5.07. The van der Waals surface area contributed by atoms with Crippen molar-refractivity contribution in [2.75, 3.05) is 13.2 Å². The normalized spacial score (nSPS) is 17.8. The number of benzene rings is 2. The van der Waals surface area contributed by atoms with E-state index in [2.05, 4.69) is 28.3 Å². The Kier molecular flexibility index (Phi) is 7.37. The van der Waals surface area contributed by atoms with Crippen LogP contribution in [0.15, 0.2) is 54.6 Å². The second-order valence-electron chi connectivity index (χ2n) is 7.15. The molecule has 2 aromatic carbocycles. The first-order valence-corrected chi connectivity index (χ1v) is 10.2. The lowest BCUT2D eigenvalue weighted by Gasteiger charge is -2.22. The quantitative estimate of drug-likeness (QED) is 0.485. The molecular weight excluding hydrogens is 402 g/mol. The van der Waals surface area contributed by atoms with Crippen LogP contribution in [-0.4, -0.2) is 35.7 Å². The van der Waals surface area contributed by atoms with Crippen molar-refractivity contribution in [1.29, 1.82) is 0 Å². The number of carbonyl (C=O) groups excluding carboxylic acids is 2. The molecule has 0 aromatic heterocycles. The highest BCUT2D eigenvalue weighted by atomic mass is 32.1. The highest BCUT2D eigenvalue weighted by Gasteiger charge is 2.37. The lowest BCUT2D eigenvalue weighted by molar-refractivity contribution is -0.140. The minimum atomic E-state index is -0.872. The van der Waals surface area contributed by atoms with E-state index in [9.17, 15) is 9.59 Å². The number of ether oxygens (including phenoxy) is 2. The Hall–Kier alpha value is -2.97. The molecule has 30 heavy (non-hydrogen) atoms. The van der Waals surface area contributed by atoms with Crippen LogP contribution in [0.3, 0.4) is 0 Å². The average Bonchev–Trinajstić information content (AvgIpc) is 3.21. The molecule has 8 heteroatoms. The highest BCUT2D eigenvalue weighted by Crippen LogP contribution is 2.24. The van der Waals surface area contributed by atoms with Gasteiger partial charge in [-0.15, -0.1) is 0 Å². The maximum absolute atomic E-state index is 12.3. The van der Waals surface area contributed by atoms with E-state index >= 15 is 0 Å². The molecule has 2 aromatic rings. The van der Waals surface area contributed by atoms with Crippen molar-refractivity contribution in [3.63, 3.8) is 0 Å². The van der Waals surface area contributed by atoms with Crippen LogP contribution in [0.5, 0.6) is 5.75 Å². The van der Waals surface area contributed by atoms with Crippen LogP contribution in [0.1, 0.15) is 35.7 Å². The zero-order valence-corrected chi connectivity index (χ0v) is 17.6. The van der Waals surface area contributed by atoms with Gasteiger partial charge in [-0.05, 0) is 61.8 Å². The summed E-state index contributed by atoms with van der Waals surface area (Å²) in [6, 6.07) is 16.9. The molecule has 3 rings (SSSR count). The lowest BCUT2D eigenvalue weighted by atomic mass is 10.0. The Morgan fingerprint density at radius 1 is 1.10 bits per heavy atom. The van der Waals surface area contributed by atoms with Crippen LogP contribution >= 0.6 is 12.2 Å². The van der Waals surface area contributed by atoms with E-state index in [1.165, 1.54) is 5.56 Å². The molecule has 1 aliphatic rings. The van der Waals surface area contributed by atoms with Gasteiger partial charge in [0, 0.05) is 18.6 Å². The van der Waals surface area contributed by atoms with E-state index in [-0.39, 0.29) is 16.9 Å². The number of hydrazine groups is 1. The van der Waals surface area contributed by atoms with E-state index in [1.807, 2.05) is 18.2 Å². The zero-order chi connectivity index (χ0) is 21.4. The standard InChI is InChI=1S/C22H25N3O4S/c1-22(13-5-14-29-22)20(27)24-25-21(30)23-19(26)17-8-10-18(11-9-17)28-15-12-16-6-3-2-4-7-16/h2-4,6-11H,5,12-15H2,1H3,(H,24,27)(H2,23,25,26,30). The maximum atomic E-state index is 12.3. The van der Waals surface area contributed by atoms with Gasteiger partial charge in [-0.2, -0.15) is 0 Å². The summed E-state index contributed by atoms with van der Waals surface area (Å²) in [7, 11) is 0. The van der Waals surface area contributed by atoms with Crippen LogP contribution < -0.4 is 20.9 Å². The maximum Gasteiger partial charge on any atom is 0.270 e. The minimum absolute atomic E-state index is 0.00173. The highest BCUT2D eigenvalue weighted by molar-refractivity contribution is 7.80. The molecule has 1 heterocycles. The van der Waals surface area contributed by atoms with Gasteiger partial charge < -0.3 is 9.47 Å². The Morgan fingerprint density at radius 2 is 1.83 bits per heavy atom. The number of thiocarbonyl (C=S) groups is 1. The van der Waals surface area contributed by atoms with E-state index in [1.54, 1.807) is 31.2 Å².